The Balaban J connectivity index is 0.00000702. The summed E-state index contributed by atoms with van der Waals surface area (Å²) in [5.41, 5.74) is 6.60. The van der Waals surface area contributed by atoms with Gasteiger partial charge in [0.15, 0.2) is 0 Å². The van der Waals surface area contributed by atoms with Gasteiger partial charge in [0.2, 0.25) is 11.8 Å². The lowest BCUT2D eigenvalue weighted by Gasteiger charge is -2.32. The van der Waals surface area contributed by atoms with Crippen LogP contribution in [0.5, 0.6) is 5.75 Å². The zero-order chi connectivity index (χ0) is 36.9. The number of rotatable bonds is 13. The van der Waals surface area contributed by atoms with Gasteiger partial charge in [-0.25, -0.2) is 8.78 Å². The van der Waals surface area contributed by atoms with E-state index in [1.807, 2.05) is 13.8 Å². The Kier molecular flexibility index (Phi) is 14.2. The molecule has 1 fully saturated rings. The monoisotopic (exact) mass is 745 g/mol. The van der Waals surface area contributed by atoms with Crippen LogP contribution in [0.3, 0.4) is 0 Å². The summed E-state index contributed by atoms with van der Waals surface area (Å²) < 4.78 is 80.5. The van der Waals surface area contributed by atoms with Crippen molar-refractivity contribution in [2.45, 2.75) is 78.0 Å². The van der Waals surface area contributed by atoms with Gasteiger partial charge in [0.05, 0.1) is 29.1 Å². The molecule has 0 bridgehead atoms. The number of amides is 3. The number of alkyl halides is 3. The van der Waals surface area contributed by atoms with Crippen LogP contribution < -0.4 is 21.1 Å². The maximum absolute atomic E-state index is 15.1. The van der Waals surface area contributed by atoms with Gasteiger partial charge in [-0.2, -0.15) is 0 Å². The molecule has 0 aliphatic carbocycles. The quantitative estimate of drug-likeness (QED) is 0.194. The number of nitrogens with one attached hydrogen (secondary N) is 2. The molecule has 1 aliphatic heterocycles. The Morgan fingerprint density at radius 1 is 0.980 bits per heavy atom. The fourth-order valence-corrected chi connectivity index (χ4v) is 6.08. The van der Waals surface area contributed by atoms with Crippen molar-refractivity contribution in [3.8, 4) is 5.75 Å². The number of ether oxygens (including phenoxy) is 2. The Morgan fingerprint density at radius 3 is 2.22 bits per heavy atom. The molecule has 0 saturated carbocycles. The van der Waals surface area contributed by atoms with E-state index in [1.165, 1.54) is 28.8 Å². The van der Waals surface area contributed by atoms with Crippen molar-refractivity contribution in [1.29, 1.82) is 0 Å². The van der Waals surface area contributed by atoms with Gasteiger partial charge in [-0.1, -0.05) is 39.8 Å². The Bertz CT molecular complexity index is 1690. The normalized spacial score (nSPS) is 15.1. The van der Waals surface area contributed by atoms with Crippen molar-refractivity contribution in [3.05, 3.63) is 64.9 Å². The van der Waals surface area contributed by atoms with Gasteiger partial charge in [0.25, 0.3) is 5.91 Å². The first-order chi connectivity index (χ1) is 23.5. The number of benzene rings is 2. The van der Waals surface area contributed by atoms with Gasteiger partial charge in [-0.3, -0.25) is 14.4 Å². The average molecular weight is 746 g/mol. The van der Waals surface area contributed by atoms with Crippen LogP contribution in [0.4, 0.5) is 22.0 Å². The van der Waals surface area contributed by atoms with Crippen LogP contribution >= 0.6 is 12.4 Å². The van der Waals surface area contributed by atoms with Crippen LogP contribution in [0.1, 0.15) is 67.9 Å². The Morgan fingerprint density at radius 2 is 1.63 bits per heavy atom. The molecule has 51 heavy (non-hydrogen) atoms. The van der Waals surface area contributed by atoms with Crippen LogP contribution in [-0.4, -0.2) is 72.4 Å². The molecule has 2 heterocycles. The first-order valence-electron chi connectivity index (χ1n) is 16.5. The van der Waals surface area contributed by atoms with Crippen molar-refractivity contribution in [2.24, 2.45) is 17.6 Å². The fraction of sp³-hybridized carbons (Fsp3) is 0.514. The smallest absolute Gasteiger partial charge is 0.405 e. The van der Waals surface area contributed by atoms with Gasteiger partial charge in [-0.05, 0) is 59.9 Å². The van der Waals surface area contributed by atoms with E-state index in [1.54, 1.807) is 26.0 Å². The lowest BCUT2D eigenvalue weighted by Crippen LogP contribution is -2.54. The summed E-state index contributed by atoms with van der Waals surface area (Å²) >= 11 is 0. The molecular formula is C35H45ClF5N5O5. The SMILES string of the molecule is COCCn1cc(C(=O)N2CCC(c3cc(CNC(=O)[C@@H](NC(=O)[C@@H](N)C(C)C)C(C)C)ccc3F)CC2)c2c(OC(F)(F)F)ccc(F)c21.Cl. The highest BCUT2D eigenvalue weighted by molar-refractivity contribution is 6.09. The van der Waals surface area contributed by atoms with Crippen LogP contribution in [0.2, 0.25) is 0 Å². The maximum atomic E-state index is 15.1. The summed E-state index contributed by atoms with van der Waals surface area (Å²) in [5.74, 6) is -4.05. The molecular weight excluding hydrogens is 701 g/mol. The van der Waals surface area contributed by atoms with Crippen LogP contribution in [0.15, 0.2) is 36.5 Å². The number of methoxy groups -OCH3 is 1. The fourth-order valence-electron chi connectivity index (χ4n) is 6.08. The summed E-state index contributed by atoms with van der Waals surface area (Å²) in [6.07, 6.45) is -3.08. The number of piperidine rings is 1. The zero-order valence-corrected chi connectivity index (χ0v) is 29.9. The topological polar surface area (TPSA) is 128 Å². The first kappa shape index (κ1) is 41.5. The molecule has 2 atom stereocenters. The first-order valence-corrected chi connectivity index (χ1v) is 16.5. The molecule has 1 aliphatic rings. The summed E-state index contributed by atoms with van der Waals surface area (Å²) in [7, 11) is 1.42. The molecule has 4 N–H and O–H groups in total. The van der Waals surface area contributed by atoms with Crippen molar-refractivity contribution in [2.75, 3.05) is 26.8 Å². The van der Waals surface area contributed by atoms with E-state index in [9.17, 15) is 31.9 Å². The van der Waals surface area contributed by atoms with Crippen molar-refractivity contribution < 1.29 is 45.8 Å². The number of likely N-dealkylation sites (tertiary alicyclic amines) is 1. The van der Waals surface area contributed by atoms with E-state index in [0.717, 1.165) is 12.1 Å². The van der Waals surface area contributed by atoms with E-state index >= 15 is 4.39 Å². The maximum Gasteiger partial charge on any atom is 0.573 e. The molecule has 0 spiro atoms. The number of carbonyl (C=O) groups excluding carboxylic acids is 3. The second-order valence-corrected chi connectivity index (χ2v) is 13.2. The molecule has 2 aromatic carbocycles. The largest absolute Gasteiger partial charge is 0.573 e. The molecule has 0 radical (unpaired) electrons. The minimum Gasteiger partial charge on any atom is -0.405 e. The predicted octanol–water partition coefficient (Wildman–Crippen LogP) is 5.65. The lowest BCUT2D eigenvalue weighted by molar-refractivity contribution is -0.274. The standard InChI is InChI=1S/C35H44F5N5O5.ClH/c1-19(2)29(41)32(46)43-30(20(3)4)33(47)42-17-21-6-7-25(36)23(16-21)22-10-12-44(13-11-22)34(48)24-18-45(14-15-49-5)31-26(37)8-9-27(28(24)31)50-35(38,39)40;/h6-9,16,18-20,22,29-30H,10-15,17,41H2,1-5H3,(H,42,47)(H,43,46);1H/t29-,30-;/m0./s1. The van der Waals surface area contributed by atoms with Crippen molar-refractivity contribution >= 4 is 41.0 Å². The number of nitrogens with zero attached hydrogens (tertiary/aromatic N) is 2. The Hall–Kier alpha value is -3.95. The van der Waals surface area contributed by atoms with E-state index in [0.29, 0.717) is 24.0 Å². The molecule has 4 rings (SSSR count). The highest BCUT2D eigenvalue weighted by Crippen LogP contribution is 2.38. The molecule has 3 aromatic rings. The molecule has 0 unspecified atom stereocenters. The van der Waals surface area contributed by atoms with Crippen molar-refractivity contribution in [3.63, 3.8) is 0 Å². The van der Waals surface area contributed by atoms with E-state index in [-0.39, 0.29) is 79.4 Å². The number of hydrogen-bond acceptors (Lipinski definition) is 6. The number of carbonyl (C=O) groups is 3. The van der Waals surface area contributed by atoms with Gasteiger partial charge in [-0.15, -0.1) is 25.6 Å². The molecule has 10 nitrogen and oxygen atoms in total. The average Bonchev–Trinajstić information content (AvgIpc) is 3.46. The van der Waals surface area contributed by atoms with Gasteiger partial charge in [0.1, 0.15) is 23.4 Å². The second-order valence-electron chi connectivity index (χ2n) is 13.2. The zero-order valence-electron chi connectivity index (χ0n) is 29.1. The minimum atomic E-state index is -5.08. The number of aromatic nitrogens is 1. The highest BCUT2D eigenvalue weighted by Gasteiger charge is 2.35. The second kappa shape index (κ2) is 17.5. The van der Waals surface area contributed by atoms with Crippen LogP contribution in [0.25, 0.3) is 10.9 Å². The highest BCUT2D eigenvalue weighted by atomic mass is 35.5. The third-order valence-electron chi connectivity index (χ3n) is 8.94. The molecule has 1 aromatic heterocycles. The van der Waals surface area contributed by atoms with Crippen molar-refractivity contribution in [1.82, 2.24) is 20.1 Å². The van der Waals surface area contributed by atoms with Crippen LogP contribution in [0, 0.1) is 23.5 Å². The molecule has 282 valence electrons. The lowest BCUT2D eigenvalue weighted by atomic mass is 9.88. The van der Waals surface area contributed by atoms with Crippen LogP contribution in [-0.2, 0) is 27.4 Å². The van der Waals surface area contributed by atoms with Gasteiger partial charge >= 0.3 is 6.36 Å². The van der Waals surface area contributed by atoms with E-state index in [4.69, 9.17) is 10.5 Å². The van der Waals surface area contributed by atoms with E-state index < -0.39 is 53.6 Å². The number of fused-ring (bicyclic) bond motifs is 1. The predicted molar refractivity (Wildman–Crippen MR) is 183 cm³/mol. The van der Waals surface area contributed by atoms with Gasteiger partial charge < -0.3 is 35.3 Å². The minimum absolute atomic E-state index is 0. The molecule has 3 amide bonds. The number of nitrogens with two attached hydrogens (primary N) is 1. The molecule has 16 heteroatoms. The summed E-state index contributed by atoms with van der Waals surface area (Å²) in [4.78, 5) is 40.7. The summed E-state index contributed by atoms with van der Waals surface area (Å²) in [6, 6.07) is 4.62. The third kappa shape index (κ3) is 10.1. The summed E-state index contributed by atoms with van der Waals surface area (Å²) in [6.45, 7) is 7.79. The van der Waals surface area contributed by atoms with Gasteiger partial charge in [0, 0.05) is 39.5 Å². The Labute approximate surface area is 299 Å². The summed E-state index contributed by atoms with van der Waals surface area (Å²) in [5, 5.41) is 5.23. The molecule has 1 saturated heterocycles. The third-order valence-corrected chi connectivity index (χ3v) is 8.94. The number of hydrogen-bond donors (Lipinski definition) is 3. The number of halogens is 6. The van der Waals surface area contributed by atoms with E-state index in [2.05, 4.69) is 15.4 Å².